The predicted molar refractivity (Wildman–Crippen MR) is 72.5 cm³/mol. The number of rotatable bonds is 5. The lowest BCUT2D eigenvalue weighted by Crippen LogP contribution is -2.16. The Hall–Kier alpha value is -1.12. The van der Waals surface area contributed by atoms with Gasteiger partial charge in [0.2, 0.25) is 0 Å². The van der Waals surface area contributed by atoms with Crippen LogP contribution in [0.25, 0.3) is 0 Å². The summed E-state index contributed by atoms with van der Waals surface area (Å²) >= 11 is 0. The van der Waals surface area contributed by atoms with Crippen LogP contribution in [0.1, 0.15) is 64.6 Å². The molecule has 1 heterocycles. The van der Waals surface area contributed by atoms with Gasteiger partial charge in [-0.15, -0.1) is 0 Å². The number of hydrogen-bond donors (Lipinski definition) is 0. The van der Waals surface area contributed by atoms with Crippen LogP contribution in [0.15, 0.2) is 12.3 Å². The molecule has 3 nitrogen and oxygen atoms in total. The van der Waals surface area contributed by atoms with Crippen molar-refractivity contribution in [2.75, 3.05) is 0 Å². The van der Waals surface area contributed by atoms with Gasteiger partial charge >= 0.3 is 0 Å². The molecule has 0 radical (unpaired) electrons. The second-order valence-corrected chi connectivity index (χ2v) is 5.96. The van der Waals surface area contributed by atoms with Gasteiger partial charge in [0.1, 0.15) is 5.78 Å². The molecular weight excluding hydrogens is 224 g/mol. The van der Waals surface area contributed by atoms with Crippen molar-refractivity contribution in [1.82, 2.24) is 9.78 Å². The molecule has 0 aliphatic heterocycles. The van der Waals surface area contributed by atoms with Crippen LogP contribution in [0.2, 0.25) is 0 Å². The Morgan fingerprint density at radius 2 is 2.17 bits per heavy atom. The topological polar surface area (TPSA) is 34.9 Å². The molecule has 0 amide bonds. The van der Waals surface area contributed by atoms with Crippen LogP contribution in [0.5, 0.6) is 0 Å². The number of ketones is 1. The zero-order valence-corrected chi connectivity index (χ0v) is 11.8. The van der Waals surface area contributed by atoms with E-state index in [4.69, 9.17) is 5.10 Å². The molecule has 0 bridgehead atoms. The first-order chi connectivity index (χ1) is 8.56. The molecule has 0 spiro atoms. The van der Waals surface area contributed by atoms with Gasteiger partial charge in [0.05, 0.1) is 11.7 Å². The highest BCUT2D eigenvalue weighted by Crippen LogP contribution is 2.38. The average molecular weight is 248 g/mol. The lowest BCUT2D eigenvalue weighted by molar-refractivity contribution is -0.117. The van der Waals surface area contributed by atoms with Crippen LogP contribution in [0.3, 0.4) is 0 Å². The van der Waals surface area contributed by atoms with Gasteiger partial charge in [-0.05, 0) is 37.2 Å². The van der Waals surface area contributed by atoms with E-state index in [0.717, 1.165) is 44.2 Å². The third kappa shape index (κ3) is 2.82. The van der Waals surface area contributed by atoms with Gasteiger partial charge < -0.3 is 0 Å². The molecule has 3 heteroatoms. The van der Waals surface area contributed by atoms with Crippen molar-refractivity contribution in [3.8, 4) is 0 Å². The zero-order valence-electron chi connectivity index (χ0n) is 11.8. The van der Waals surface area contributed by atoms with Crippen molar-refractivity contribution in [1.29, 1.82) is 0 Å². The summed E-state index contributed by atoms with van der Waals surface area (Å²) in [4.78, 5) is 11.4. The molecule has 1 aromatic heterocycles. The second-order valence-electron chi connectivity index (χ2n) is 5.96. The van der Waals surface area contributed by atoms with Crippen LogP contribution in [0, 0.1) is 5.41 Å². The maximum absolute atomic E-state index is 11.4. The van der Waals surface area contributed by atoms with Crippen molar-refractivity contribution in [3.05, 3.63) is 18.0 Å². The Morgan fingerprint density at radius 3 is 2.72 bits per heavy atom. The van der Waals surface area contributed by atoms with Crippen LogP contribution in [-0.4, -0.2) is 15.6 Å². The van der Waals surface area contributed by atoms with Crippen molar-refractivity contribution >= 4 is 5.78 Å². The molecule has 1 atom stereocenters. The molecule has 0 aromatic carbocycles. The second kappa shape index (κ2) is 5.25. The molecule has 1 fully saturated rings. The maximum atomic E-state index is 11.4. The quantitative estimate of drug-likeness (QED) is 0.798. The van der Waals surface area contributed by atoms with Crippen molar-refractivity contribution < 1.29 is 4.79 Å². The lowest BCUT2D eigenvalue weighted by atomic mass is 9.84. The summed E-state index contributed by atoms with van der Waals surface area (Å²) in [6.45, 7) is 6.62. The van der Waals surface area contributed by atoms with E-state index in [1.165, 1.54) is 0 Å². The summed E-state index contributed by atoms with van der Waals surface area (Å²) in [5.41, 5.74) is 1.28. The first-order valence-corrected chi connectivity index (χ1v) is 7.12. The maximum Gasteiger partial charge on any atom is 0.133 e. The highest BCUT2D eigenvalue weighted by atomic mass is 16.1. The van der Waals surface area contributed by atoms with Gasteiger partial charge in [-0.1, -0.05) is 20.8 Å². The van der Waals surface area contributed by atoms with Gasteiger partial charge in [-0.2, -0.15) is 5.10 Å². The number of hydrogen-bond acceptors (Lipinski definition) is 2. The first-order valence-electron chi connectivity index (χ1n) is 7.12. The third-order valence-corrected chi connectivity index (χ3v) is 4.22. The van der Waals surface area contributed by atoms with Crippen LogP contribution in [0.4, 0.5) is 0 Å². The highest BCUT2D eigenvalue weighted by molar-refractivity contribution is 5.81. The standard InChI is InChI=1S/C15H24N2O/c1-4-13(5-2)17-9-7-12(16-17)10-15(3)8-6-14(18)11-15/h7,9,13H,4-6,8,10-11H2,1-3H3. The predicted octanol–water partition coefficient (Wildman–Crippen LogP) is 3.55. The summed E-state index contributed by atoms with van der Waals surface area (Å²) in [5, 5.41) is 4.69. The highest BCUT2D eigenvalue weighted by Gasteiger charge is 2.34. The van der Waals surface area contributed by atoms with E-state index in [1.807, 2.05) is 0 Å². The summed E-state index contributed by atoms with van der Waals surface area (Å²) < 4.78 is 2.09. The number of carbonyl (C=O) groups is 1. The average Bonchev–Trinajstić information content (AvgIpc) is 2.89. The van der Waals surface area contributed by atoms with Gasteiger partial charge in [0.25, 0.3) is 0 Å². The number of nitrogens with zero attached hydrogens (tertiary/aromatic N) is 2. The van der Waals surface area contributed by atoms with E-state index in [0.29, 0.717) is 11.8 Å². The molecule has 1 aliphatic rings. The third-order valence-electron chi connectivity index (χ3n) is 4.22. The van der Waals surface area contributed by atoms with Gasteiger partial charge in [0.15, 0.2) is 0 Å². The molecule has 1 unspecified atom stereocenters. The normalized spacial score (nSPS) is 24.1. The van der Waals surface area contributed by atoms with E-state index < -0.39 is 0 Å². The van der Waals surface area contributed by atoms with Crippen LogP contribution < -0.4 is 0 Å². The van der Waals surface area contributed by atoms with Gasteiger partial charge in [-0.3, -0.25) is 9.48 Å². The largest absolute Gasteiger partial charge is 0.300 e. The first kappa shape index (κ1) is 13.3. The van der Waals surface area contributed by atoms with Crippen molar-refractivity contribution in [3.63, 3.8) is 0 Å². The van der Waals surface area contributed by atoms with Crippen molar-refractivity contribution in [2.45, 2.75) is 65.3 Å². The smallest absolute Gasteiger partial charge is 0.133 e. The molecule has 100 valence electrons. The Balaban J connectivity index is 2.04. The Kier molecular flexibility index (Phi) is 3.88. The fourth-order valence-corrected chi connectivity index (χ4v) is 3.02. The lowest BCUT2D eigenvalue weighted by Gasteiger charge is -2.21. The molecule has 1 aliphatic carbocycles. The molecule has 1 aromatic rings. The number of Topliss-reactive ketones (excluding diaryl/α,β-unsaturated/α-hetero) is 1. The minimum absolute atomic E-state index is 0.143. The molecule has 0 saturated heterocycles. The minimum Gasteiger partial charge on any atom is -0.300 e. The SMILES string of the molecule is CCC(CC)n1ccc(CC2(C)CCC(=O)C2)n1. The van der Waals surface area contributed by atoms with E-state index in [-0.39, 0.29) is 5.41 Å². The molecule has 2 rings (SSSR count). The Morgan fingerprint density at radius 1 is 1.44 bits per heavy atom. The van der Waals surface area contributed by atoms with E-state index in [2.05, 4.69) is 37.7 Å². The molecule has 18 heavy (non-hydrogen) atoms. The minimum atomic E-state index is 0.143. The monoisotopic (exact) mass is 248 g/mol. The fraction of sp³-hybridized carbons (Fsp3) is 0.733. The van der Waals surface area contributed by atoms with Gasteiger partial charge in [-0.25, -0.2) is 0 Å². The summed E-state index contributed by atoms with van der Waals surface area (Å²) in [5.74, 6) is 0.414. The molecule has 0 N–H and O–H groups in total. The number of aromatic nitrogens is 2. The summed E-state index contributed by atoms with van der Waals surface area (Å²) in [6, 6.07) is 2.63. The molecular formula is C15H24N2O. The molecule has 1 saturated carbocycles. The zero-order chi connectivity index (χ0) is 13.2. The summed E-state index contributed by atoms with van der Waals surface area (Å²) in [7, 11) is 0. The van der Waals surface area contributed by atoms with Crippen molar-refractivity contribution in [2.24, 2.45) is 5.41 Å². The number of carbonyl (C=O) groups excluding carboxylic acids is 1. The van der Waals surface area contributed by atoms with Crippen LogP contribution in [-0.2, 0) is 11.2 Å². The van der Waals surface area contributed by atoms with E-state index in [1.54, 1.807) is 0 Å². The Bertz CT molecular complexity index is 420. The van der Waals surface area contributed by atoms with Gasteiger partial charge in [0, 0.05) is 19.0 Å². The van der Waals surface area contributed by atoms with E-state index in [9.17, 15) is 4.79 Å². The Labute approximate surface area is 110 Å². The summed E-state index contributed by atoms with van der Waals surface area (Å²) in [6.07, 6.45) is 7.76. The van der Waals surface area contributed by atoms with E-state index >= 15 is 0 Å². The van der Waals surface area contributed by atoms with Crippen LogP contribution >= 0.6 is 0 Å². The fourth-order valence-electron chi connectivity index (χ4n) is 3.02.